The highest BCUT2D eigenvalue weighted by atomic mass is 16.6. The molecule has 2 bridgehead atoms. The van der Waals surface area contributed by atoms with Crippen molar-refractivity contribution >= 4 is 11.9 Å². The summed E-state index contributed by atoms with van der Waals surface area (Å²) in [4.78, 5) is 27.6. The van der Waals surface area contributed by atoms with Crippen LogP contribution in [0.25, 0.3) is 0 Å². The lowest BCUT2D eigenvalue weighted by atomic mass is 9.61. The SMILES string of the molecule is CC(C)c1ccccc1C(=O)OC1C2c3ccccc3C(c3ccccc32)C1OC(=O)c1ccccc1C(C)C. The number of esters is 2. The average Bonchev–Trinajstić information content (AvgIpc) is 2.97. The van der Waals surface area contributed by atoms with Crippen LogP contribution in [0.15, 0.2) is 97.1 Å². The van der Waals surface area contributed by atoms with Crippen LogP contribution in [0.3, 0.4) is 0 Å². The lowest BCUT2D eigenvalue weighted by molar-refractivity contribution is -0.0558. The van der Waals surface area contributed by atoms with E-state index in [2.05, 4.69) is 52.0 Å². The van der Waals surface area contributed by atoms with Crippen molar-refractivity contribution in [1.82, 2.24) is 0 Å². The summed E-state index contributed by atoms with van der Waals surface area (Å²) in [6, 6.07) is 31.7. The van der Waals surface area contributed by atoms with Crippen molar-refractivity contribution < 1.29 is 19.1 Å². The number of benzene rings is 4. The predicted molar refractivity (Wildman–Crippen MR) is 156 cm³/mol. The zero-order valence-corrected chi connectivity index (χ0v) is 23.3. The summed E-state index contributed by atoms with van der Waals surface area (Å²) in [6.45, 7) is 8.27. The molecule has 202 valence electrons. The van der Waals surface area contributed by atoms with Crippen LogP contribution < -0.4 is 0 Å². The zero-order chi connectivity index (χ0) is 28.0. The van der Waals surface area contributed by atoms with Gasteiger partial charge < -0.3 is 9.47 Å². The van der Waals surface area contributed by atoms with Gasteiger partial charge in [0.2, 0.25) is 0 Å². The topological polar surface area (TPSA) is 52.6 Å². The van der Waals surface area contributed by atoms with Crippen LogP contribution in [-0.4, -0.2) is 24.1 Å². The maximum atomic E-state index is 13.8. The van der Waals surface area contributed by atoms with E-state index in [1.807, 2.05) is 72.8 Å². The maximum absolute atomic E-state index is 13.8. The molecule has 0 aliphatic heterocycles. The van der Waals surface area contributed by atoms with E-state index >= 15 is 0 Å². The highest BCUT2D eigenvalue weighted by molar-refractivity contribution is 5.93. The van der Waals surface area contributed by atoms with Crippen LogP contribution in [0.5, 0.6) is 0 Å². The van der Waals surface area contributed by atoms with Gasteiger partial charge >= 0.3 is 11.9 Å². The van der Waals surface area contributed by atoms with Gasteiger partial charge in [0.1, 0.15) is 0 Å². The molecule has 2 atom stereocenters. The van der Waals surface area contributed by atoms with Crippen molar-refractivity contribution in [1.29, 1.82) is 0 Å². The highest BCUT2D eigenvalue weighted by Gasteiger charge is 2.53. The normalized spacial score (nSPS) is 20.6. The lowest BCUT2D eigenvalue weighted by Gasteiger charge is -2.49. The molecule has 0 amide bonds. The minimum atomic E-state index is -0.669. The Morgan fingerprint density at radius 1 is 0.500 bits per heavy atom. The molecule has 3 aliphatic carbocycles. The van der Waals surface area contributed by atoms with Crippen LogP contribution >= 0.6 is 0 Å². The summed E-state index contributed by atoms with van der Waals surface area (Å²) >= 11 is 0. The van der Waals surface area contributed by atoms with E-state index < -0.39 is 12.2 Å². The van der Waals surface area contributed by atoms with E-state index in [0.29, 0.717) is 11.1 Å². The molecular weight excluding hydrogens is 496 g/mol. The number of hydrogen-bond acceptors (Lipinski definition) is 4. The van der Waals surface area contributed by atoms with Crippen molar-refractivity contribution in [2.75, 3.05) is 0 Å². The van der Waals surface area contributed by atoms with E-state index in [1.54, 1.807) is 0 Å². The fourth-order valence-corrected chi connectivity index (χ4v) is 6.59. The molecule has 2 unspecified atom stereocenters. The van der Waals surface area contributed by atoms with Crippen LogP contribution in [0.4, 0.5) is 0 Å². The van der Waals surface area contributed by atoms with Gasteiger partial charge in [-0.2, -0.15) is 0 Å². The monoisotopic (exact) mass is 530 g/mol. The summed E-state index contributed by atoms with van der Waals surface area (Å²) in [5.41, 5.74) is 7.47. The molecule has 4 nitrogen and oxygen atoms in total. The van der Waals surface area contributed by atoms with E-state index in [9.17, 15) is 9.59 Å². The lowest BCUT2D eigenvalue weighted by Crippen LogP contribution is -2.51. The molecule has 4 heteroatoms. The molecule has 40 heavy (non-hydrogen) atoms. The van der Waals surface area contributed by atoms with Gasteiger partial charge in [-0.25, -0.2) is 9.59 Å². The van der Waals surface area contributed by atoms with E-state index in [0.717, 1.165) is 33.4 Å². The molecule has 0 radical (unpaired) electrons. The standard InChI is InChI=1S/C36H34O4/c1-21(2)23-13-5-11-19-29(23)35(37)39-33-31-25-15-7-9-17-27(25)32(28-18-10-8-16-26(28)31)34(33)40-36(38)30-20-12-6-14-24(30)22(3)4/h5-22,31-34H,1-4H3. The fraction of sp³-hybridized carbons (Fsp3) is 0.278. The van der Waals surface area contributed by atoms with Gasteiger partial charge in [0.15, 0.2) is 12.2 Å². The van der Waals surface area contributed by atoms with Gasteiger partial charge in [0.05, 0.1) is 23.0 Å². The molecule has 7 rings (SSSR count). The number of fused-ring (bicyclic) bond motifs is 1. The van der Waals surface area contributed by atoms with Crippen molar-refractivity contribution in [3.05, 3.63) is 142 Å². The minimum absolute atomic E-state index is 0.161. The summed E-state index contributed by atoms with van der Waals surface area (Å²) in [5, 5.41) is 0. The minimum Gasteiger partial charge on any atom is -0.454 e. The summed E-state index contributed by atoms with van der Waals surface area (Å²) in [6.07, 6.45) is -1.34. The second-order valence-corrected chi connectivity index (χ2v) is 11.4. The van der Waals surface area contributed by atoms with Crippen LogP contribution in [0.1, 0.15) is 105 Å². The average molecular weight is 531 g/mol. The predicted octanol–water partition coefficient (Wildman–Crippen LogP) is 7.98. The molecule has 0 fully saturated rings. The third-order valence-electron chi connectivity index (χ3n) is 8.40. The first-order chi connectivity index (χ1) is 19.4. The first-order valence-corrected chi connectivity index (χ1v) is 14.1. The molecular formula is C36H34O4. The summed E-state index contributed by atoms with van der Waals surface area (Å²) < 4.78 is 12.9. The quantitative estimate of drug-likeness (QED) is 0.237. The van der Waals surface area contributed by atoms with Crippen LogP contribution in [0.2, 0.25) is 0 Å². The Labute approximate surface area is 236 Å². The van der Waals surface area contributed by atoms with E-state index in [-0.39, 0.29) is 35.6 Å². The number of carbonyl (C=O) groups excluding carboxylic acids is 2. The van der Waals surface area contributed by atoms with Gasteiger partial charge in [-0.3, -0.25) is 0 Å². The third kappa shape index (κ3) is 4.32. The van der Waals surface area contributed by atoms with Gasteiger partial charge in [-0.15, -0.1) is 0 Å². The second-order valence-electron chi connectivity index (χ2n) is 11.4. The molecule has 0 aromatic heterocycles. The Morgan fingerprint density at radius 2 is 0.800 bits per heavy atom. The molecule has 4 aromatic carbocycles. The Balaban J connectivity index is 1.46. The number of ether oxygens (including phenoxy) is 2. The number of rotatable bonds is 6. The largest absolute Gasteiger partial charge is 0.454 e. The Kier molecular flexibility index (Phi) is 6.79. The first kappa shape index (κ1) is 26.1. The molecule has 0 spiro atoms. The van der Waals surface area contributed by atoms with E-state index in [4.69, 9.17) is 9.47 Å². The Morgan fingerprint density at radius 3 is 1.12 bits per heavy atom. The fourth-order valence-electron chi connectivity index (χ4n) is 6.59. The van der Waals surface area contributed by atoms with Gasteiger partial charge in [0, 0.05) is 0 Å². The van der Waals surface area contributed by atoms with Crippen molar-refractivity contribution in [2.45, 2.75) is 63.6 Å². The van der Waals surface area contributed by atoms with Crippen molar-refractivity contribution in [3.63, 3.8) is 0 Å². The second kappa shape index (κ2) is 10.4. The first-order valence-electron chi connectivity index (χ1n) is 14.1. The molecule has 0 heterocycles. The van der Waals surface area contributed by atoms with Gasteiger partial charge in [-0.05, 0) is 57.3 Å². The van der Waals surface area contributed by atoms with Crippen LogP contribution in [0, 0.1) is 0 Å². The van der Waals surface area contributed by atoms with E-state index in [1.165, 1.54) is 0 Å². The number of carbonyl (C=O) groups is 2. The van der Waals surface area contributed by atoms with Crippen molar-refractivity contribution in [2.24, 2.45) is 0 Å². The van der Waals surface area contributed by atoms with Gasteiger partial charge in [-0.1, -0.05) is 113 Å². The molecule has 0 saturated carbocycles. The Hall–Kier alpha value is -4.18. The van der Waals surface area contributed by atoms with Crippen molar-refractivity contribution in [3.8, 4) is 0 Å². The molecule has 0 N–H and O–H groups in total. The molecule has 4 aromatic rings. The van der Waals surface area contributed by atoms with Gasteiger partial charge in [0.25, 0.3) is 0 Å². The summed E-state index contributed by atoms with van der Waals surface area (Å²) in [7, 11) is 0. The maximum Gasteiger partial charge on any atom is 0.338 e. The Bertz CT molecular complexity index is 1420. The molecule has 0 saturated heterocycles. The third-order valence-corrected chi connectivity index (χ3v) is 8.40. The highest BCUT2D eigenvalue weighted by Crippen LogP contribution is 2.55. The smallest absolute Gasteiger partial charge is 0.338 e. The number of hydrogen-bond donors (Lipinski definition) is 0. The molecule has 3 aliphatic rings. The van der Waals surface area contributed by atoms with Crippen LogP contribution in [-0.2, 0) is 9.47 Å². The summed E-state index contributed by atoms with van der Waals surface area (Å²) in [5.74, 6) is -0.944. The zero-order valence-electron chi connectivity index (χ0n) is 23.3.